The lowest BCUT2D eigenvalue weighted by Gasteiger charge is -2.32. The summed E-state index contributed by atoms with van der Waals surface area (Å²) in [4.78, 5) is 19.1. The van der Waals surface area contributed by atoms with Crippen LogP contribution in [0, 0.1) is 0 Å². The molecule has 1 atom stereocenters. The fourth-order valence-electron chi connectivity index (χ4n) is 4.68. The van der Waals surface area contributed by atoms with E-state index >= 15 is 0 Å². The predicted octanol–water partition coefficient (Wildman–Crippen LogP) is 5.45. The molecule has 2 saturated heterocycles. The Morgan fingerprint density at radius 2 is 1.59 bits per heavy atom. The SMILES string of the molecule is CN1CCN(Cc2ccccc2-c2ccc(CN3C[C@@H](c4ccc(Cl)cc4)OC3=O)cc2)CC1. The second kappa shape index (κ2) is 10.2. The third-order valence-corrected chi connectivity index (χ3v) is 7.03. The van der Waals surface area contributed by atoms with Crippen molar-refractivity contribution in [2.45, 2.75) is 19.2 Å². The number of halogens is 1. The molecule has 5 rings (SSSR count). The molecule has 3 aromatic rings. The van der Waals surface area contributed by atoms with Crippen LogP contribution in [0.15, 0.2) is 72.8 Å². The van der Waals surface area contributed by atoms with Crippen molar-refractivity contribution in [2.75, 3.05) is 39.8 Å². The van der Waals surface area contributed by atoms with Crippen LogP contribution < -0.4 is 0 Å². The van der Waals surface area contributed by atoms with Gasteiger partial charge in [-0.1, -0.05) is 72.3 Å². The van der Waals surface area contributed by atoms with Gasteiger partial charge >= 0.3 is 6.09 Å². The number of cyclic esters (lactones) is 1. The van der Waals surface area contributed by atoms with E-state index in [1.54, 1.807) is 4.90 Å². The summed E-state index contributed by atoms with van der Waals surface area (Å²) in [6.07, 6.45) is -0.535. The Labute approximate surface area is 206 Å². The van der Waals surface area contributed by atoms with Crippen molar-refractivity contribution in [3.63, 3.8) is 0 Å². The third-order valence-electron chi connectivity index (χ3n) is 6.77. The normalized spacial score (nSPS) is 19.4. The third kappa shape index (κ3) is 5.27. The Morgan fingerprint density at radius 1 is 0.882 bits per heavy atom. The van der Waals surface area contributed by atoms with E-state index in [4.69, 9.17) is 16.3 Å². The maximum absolute atomic E-state index is 12.4. The predicted molar refractivity (Wildman–Crippen MR) is 136 cm³/mol. The number of hydrogen-bond donors (Lipinski definition) is 0. The van der Waals surface area contributed by atoms with Gasteiger partial charge in [0.1, 0.15) is 6.10 Å². The summed E-state index contributed by atoms with van der Waals surface area (Å²) >= 11 is 5.98. The molecule has 0 aromatic heterocycles. The zero-order valence-corrected chi connectivity index (χ0v) is 20.2. The lowest BCUT2D eigenvalue weighted by molar-refractivity contribution is 0.132. The van der Waals surface area contributed by atoms with Gasteiger partial charge in [-0.25, -0.2) is 4.79 Å². The molecule has 2 aliphatic heterocycles. The molecule has 0 N–H and O–H groups in total. The van der Waals surface area contributed by atoms with Crippen LogP contribution in [0.2, 0.25) is 5.02 Å². The van der Waals surface area contributed by atoms with Crippen LogP contribution in [0.25, 0.3) is 11.1 Å². The van der Waals surface area contributed by atoms with Gasteiger partial charge in [0.15, 0.2) is 0 Å². The highest BCUT2D eigenvalue weighted by atomic mass is 35.5. The smallest absolute Gasteiger partial charge is 0.410 e. The first kappa shape index (κ1) is 22.9. The first-order valence-corrected chi connectivity index (χ1v) is 12.2. The molecule has 0 saturated carbocycles. The van der Waals surface area contributed by atoms with Crippen LogP contribution in [0.1, 0.15) is 22.8 Å². The Balaban J connectivity index is 1.25. The second-order valence-electron chi connectivity index (χ2n) is 9.24. The van der Waals surface area contributed by atoms with Crippen molar-refractivity contribution in [1.82, 2.24) is 14.7 Å². The minimum Gasteiger partial charge on any atom is -0.439 e. The van der Waals surface area contributed by atoms with Crippen molar-refractivity contribution >= 4 is 17.7 Å². The van der Waals surface area contributed by atoms with Crippen molar-refractivity contribution < 1.29 is 9.53 Å². The molecule has 0 bridgehead atoms. The Bertz CT molecular complexity index is 1130. The Kier molecular flexibility index (Phi) is 6.86. The van der Waals surface area contributed by atoms with Gasteiger partial charge in [0.2, 0.25) is 0 Å². The molecule has 0 unspecified atom stereocenters. The van der Waals surface area contributed by atoms with Crippen LogP contribution in [-0.4, -0.2) is 60.6 Å². The summed E-state index contributed by atoms with van der Waals surface area (Å²) in [5, 5.41) is 0.676. The van der Waals surface area contributed by atoms with Crippen molar-refractivity contribution in [2.24, 2.45) is 0 Å². The summed E-state index contributed by atoms with van der Waals surface area (Å²) < 4.78 is 5.60. The van der Waals surface area contributed by atoms with Crippen molar-refractivity contribution in [3.05, 3.63) is 94.5 Å². The van der Waals surface area contributed by atoms with Crippen LogP contribution in [0.3, 0.4) is 0 Å². The zero-order chi connectivity index (χ0) is 23.5. The highest BCUT2D eigenvalue weighted by molar-refractivity contribution is 6.30. The van der Waals surface area contributed by atoms with Crippen molar-refractivity contribution in [1.29, 1.82) is 0 Å². The maximum Gasteiger partial charge on any atom is 0.410 e. The summed E-state index contributed by atoms with van der Waals surface area (Å²) in [5.74, 6) is 0. The number of benzene rings is 3. The molecule has 2 aliphatic rings. The Morgan fingerprint density at radius 3 is 2.32 bits per heavy atom. The van der Waals surface area contributed by atoms with E-state index in [0.717, 1.165) is 43.9 Å². The van der Waals surface area contributed by atoms with E-state index in [9.17, 15) is 4.79 Å². The number of carbonyl (C=O) groups is 1. The number of likely N-dealkylation sites (N-methyl/N-ethyl adjacent to an activating group) is 1. The maximum atomic E-state index is 12.4. The molecule has 5 nitrogen and oxygen atoms in total. The monoisotopic (exact) mass is 475 g/mol. The molecule has 0 spiro atoms. The van der Waals surface area contributed by atoms with E-state index in [1.807, 2.05) is 24.3 Å². The van der Waals surface area contributed by atoms with Gasteiger partial charge in [0.05, 0.1) is 6.54 Å². The first-order valence-electron chi connectivity index (χ1n) is 11.8. The molecule has 2 heterocycles. The molecule has 0 radical (unpaired) electrons. The highest BCUT2D eigenvalue weighted by Gasteiger charge is 2.32. The number of nitrogens with zero attached hydrogens (tertiary/aromatic N) is 3. The molecule has 1 amide bonds. The van der Waals surface area contributed by atoms with Gasteiger partial charge in [-0.15, -0.1) is 0 Å². The number of carbonyl (C=O) groups excluding carboxylic acids is 1. The summed E-state index contributed by atoms with van der Waals surface area (Å²) in [6.45, 7) is 6.49. The molecule has 34 heavy (non-hydrogen) atoms. The number of piperazine rings is 1. The van der Waals surface area contributed by atoms with Gasteiger partial charge in [0, 0.05) is 44.3 Å². The first-order chi connectivity index (χ1) is 16.5. The fraction of sp³-hybridized carbons (Fsp3) is 0.321. The van der Waals surface area contributed by atoms with E-state index in [2.05, 4.69) is 65.4 Å². The topological polar surface area (TPSA) is 36.0 Å². The largest absolute Gasteiger partial charge is 0.439 e. The molecule has 2 fully saturated rings. The molecule has 3 aromatic carbocycles. The van der Waals surface area contributed by atoms with E-state index < -0.39 is 0 Å². The molecule has 176 valence electrons. The number of amides is 1. The minimum atomic E-state index is -0.276. The lowest BCUT2D eigenvalue weighted by Crippen LogP contribution is -2.43. The second-order valence-corrected chi connectivity index (χ2v) is 9.67. The van der Waals surface area contributed by atoms with Gasteiger partial charge < -0.3 is 9.64 Å². The summed E-state index contributed by atoms with van der Waals surface area (Å²) in [7, 11) is 2.19. The zero-order valence-electron chi connectivity index (χ0n) is 19.5. The number of hydrogen-bond acceptors (Lipinski definition) is 4. The number of rotatable bonds is 6. The van der Waals surface area contributed by atoms with Crippen LogP contribution in [0.5, 0.6) is 0 Å². The van der Waals surface area contributed by atoms with Gasteiger partial charge in [-0.05, 0) is 47.0 Å². The minimum absolute atomic E-state index is 0.259. The van der Waals surface area contributed by atoms with Crippen LogP contribution >= 0.6 is 11.6 Å². The van der Waals surface area contributed by atoms with E-state index in [0.29, 0.717) is 18.1 Å². The number of ether oxygens (including phenoxy) is 1. The molecule has 0 aliphatic carbocycles. The molecular formula is C28H30ClN3O2. The summed E-state index contributed by atoms with van der Waals surface area (Å²) in [5.41, 5.74) is 5.89. The molecular weight excluding hydrogens is 446 g/mol. The average molecular weight is 476 g/mol. The summed E-state index contributed by atoms with van der Waals surface area (Å²) in [6, 6.07) is 24.7. The van der Waals surface area contributed by atoms with Gasteiger partial charge in [0.25, 0.3) is 0 Å². The van der Waals surface area contributed by atoms with E-state index in [-0.39, 0.29) is 12.2 Å². The standard InChI is InChI=1S/C28H30ClN3O2/c1-30-14-16-31(17-15-30)19-24-4-2-3-5-26(24)22-8-6-21(7-9-22)18-32-20-27(34-28(32)33)23-10-12-25(29)13-11-23/h2-13,27H,14-20H2,1H3/t27-/m0/s1. The Hall–Kier alpha value is -2.86. The highest BCUT2D eigenvalue weighted by Crippen LogP contribution is 2.29. The van der Waals surface area contributed by atoms with Gasteiger partial charge in [-0.3, -0.25) is 9.80 Å². The molecule has 6 heteroatoms. The lowest BCUT2D eigenvalue weighted by atomic mass is 9.98. The van der Waals surface area contributed by atoms with Crippen LogP contribution in [0.4, 0.5) is 4.79 Å². The van der Waals surface area contributed by atoms with Crippen LogP contribution in [-0.2, 0) is 17.8 Å². The quantitative estimate of drug-likeness (QED) is 0.475. The average Bonchev–Trinajstić information content (AvgIpc) is 3.22. The van der Waals surface area contributed by atoms with Crippen molar-refractivity contribution in [3.8, 4) is 11.1 Å². The van der Waals surface area contributed by atoms with E-state index in [1.165, 1.54) is 16.7 Å². The van der Waals surface area contributed by atoms with Gasteiger partial charge in [-0.2, -0.15) is 0 Å². The fourth-order valence-corrected chi connectivity index (χ4v) is 4.81.